The maximum atomic E-state index is 12.3. The highest BCUT2D eigenvalue weighted by Crippen LogP contribution is 2.14. The van der Waals surface area contributed by atoms with Crippen molar-refractivity contribution in [2.24, 2.45) is 0 Å². The van der Waals surface area contributed by atoms with Crippen molar-refractivity contribution >= 4 is 17.5 Å². The van der Waals surface area contributed by atoms with E-state index in [0.717, 1.165) is 31.7 Å². The van der Waals surface area contributed by atoms with E-state index in [-0.39, 0.29) is 18.2 Å². The van der Waals surface area contributed by atoms with Gasteiger partial charge in [-0.1, -0.05) is 25.1 Å². The number of nitrogens with zero attached hydrogens (tertiary/aromatic N) is 2. The molecule has 1 atom stereocenters. The van der Waals surface area contributed by atoms with E-state index >= 15 is 0 Å². The van der Waals surface area contributed by atoms with Crippen LogP contribution < -0.4 is 10.2 Å². The molecule has 1 aromatic rings. The van der Waals surface area contributed by atoms with Crippen molar-refractivity contribution < 1.29 is 9.59 Å². The number of carbonyl (C=O) groups is 2. The van der Waals surface area contributed by atoms with Gasteiger partial charge in [0.1, 0.15) is 0 Å². The van der Waals surface area contributed by atoms with Gasteiger partial charge in [0, 0.05) is 32.4 Å². The quantitative estimate of drug-likeness (QED) is 0.887. The Balaban J connectivity index is 1.97. The zero-order valence-electron chi connectivity index (χ0n) is 12.7. The van der Waals surface area contributed by atoms with Gasteiger partial charge in [0.25, 0.3) is 0 Å². The van der Waals surface area contributed by atoms with E-state index in [0.29, 0.717) is 0 Å². The van der Waals surface area contributed by atoms with Gasteiger partial charge in [0.15, 0.2) is 0 Å². The normalized spacial score (nSPS) is 18.7. The number of carbonyl (C=O) groups excluding carboxylic acids is 2. The molecule has 1 aliphatic heterocycles. The van der Waals surface area contributed by atoms with Gasteiger partial charge in [-0.15, -0.1) is 0 Å². The molecule has 0 aliphatic carbocycles. The van der Waals surface area contributed by atoms with Crippen LogP contribution >= 0.6 is 0 Å². The molecule has 1 saturated heterocycles. The summed E-state index contributed by atoms with van der Waals surface area (Å²) in [6.07, 6.45) is 1.14. The first-order valence-corrected chi connectivity index (χ1v) is 7.47. The van der Waals surface area contributed by atoms with Crippen molar-refractivity contribution in [3.05, 3.63) is 30.3 Å². The molecule has 1 N–H and O–H groups in total. The van der Waals surface area contributed by atoms with E-state index in [1.54, 1.807) is 11.9 Å². The summed E-state index contributed by atoms with van der Waals surface area (Å²) < 4.78 is 0. The van der Waals surface area contributed by atoms with Crippen LogP contribution in [-0.4, -0.2) is 49.4 Å². The Kier molecular flexibility index (Phi) is 5.33. The molecule has 5 heteroatoms. The van der Waals surface area contributed by atoms with Crippen LogP contribution in [0.3, 0.4) is 0 Å². The van der Waals surface area contributed by atoms with E-state index < -0.39 is 6.04 Å². The van der Waals surface area contributed by atoms with Crippen molar-refractivity contribution in [2.45, 2.75) is 25.8 Å². The first kappa shape index (κ1) is 15.5. The number of para-hydroxylation sites is 1. The monoisotopic (exact) mass is 289 g/mol. The fourth-order valence-corrected chi connectivity index (χ4v) is 2.55. The zero-order valence-corrected chi connectivity index (χ0v) is 12.7. The first-order chi connectivity index (χ1) is 10.1. The largest absolute Gasteiger partial charge is 0.340 e. The molecule has 1 unspecified atom stereocenters. The second-order valence-electron chi connectivity index (χ2n) is 5.32. The minimum Gasteiger partial charge on any atom is -0.340 e. The Hall–Kier alpha value is -1.88. The Morgan fingerprint density at radius 1 is 1.38 bits per heavy atom. The lowest BCUT2D eigenvalue weighted by Crippen LogP contribution is -2.56. The van der Waals surface area contributed by atoms with E-state index in [9.17, 15) is 9.59 Å². The first-order valence-electron chi connectivity index (χ1n) is 7.47. The molecule has 0 spiro atoms. The summed E-state index contributed by atoms with van der Waals surface area (Å²) in [6.45, 7) is 4.29. The Bertz CT molecular complexity index is 488. The van der Waals surface area contributed by atoms with Crippen LogP contribution in [-0.2, 0) is 9.59 Å². The SMILES string of the molecule is CCCN1CCNC(CC(=O)N(C)c2ccccc2)C1=O. The predicted molar refractivity (Wildman–Crippen MR) is 83.1 cm³/mol. The number of piperazine rings is 1. The standard InChI is InChI=1S/C16H23N3O2/c1-3-10-19-11-9-17-14(16(19)21)12-15(20)18(2)13-7-5-4-6-8-13/h4-8,14,17H,3,9-12H2,1-2H3. The molecule has 2 amide bonds. The summed E-state index contributed by atoms with van der Waals surface area (Å²) in [5.41, 5.74) is 0.844. The van der Waals surface area contributed by atoms with Crippen molar-refractivity contribution in [3.63, 3.8) is 0 Å². The fraction of sp³-hybridized carbons (Fsp3) is 0.500. The fourth-order valence-electron chi connectivity index (χ4n) is 2.55. The Labute approximate surface area is 125 Å². The molecule has 1 fully saturated rings. The average Bonchev–Trinajstić information content (AvgIpc) is 2.51. The molecule has 5 nitrogen and oxygen atoms in total. The summed E-state index contributed by atoms with van der Waals surface area (Å²) in [5, 5.41) is 3.16. The summed E-state index contributed by atoms with van der Waals surface area (Å²) in [4.78, 5) is 28.1. The minimum atomic E-state index is -0.399. The van der Waals surface area contributed by atoms with Gasteiger partial charge in [0.05, 0.1) is 12.5 Å². The number of hydrogen-bond donors (Lipinski definition) is 1. The van der Waals surface area contributed by atoms with Crippen LogP contribution in [0.15, 0.2) is 30.3 Å². The third-order valence-corrected chi connectivity index (χ3v) is 3.77. The van der Waals surface area contributed by atoms with E-state index in [4.69, 9.17) is 0 Å². The molecule has 114 valence electrons. The molecule has 0 saturated carbocycles. The molecular formula is C16H23N3O2. The van der Waals surface area contributed by atoms with Gasteiger partial charge in [-0.3, -0.25) is 9.59 Å². The van der Waals surface area contributed by atoms with Crippen molar-refractivity contribution in [1.29, 1.82) is 0 Å². The summed E-state index contributed by atoms with van der Waals surface area (Å²) >= 11 is 0. The van der Waals surface area contributed by atoms with E-state index in [2.05, 4.69) is 12.2 Å². The second-order valence-corrected chi connectivity index (χ2v) is 5.32. The molecule has 2 rings (SSSR count). The van der Waals surface area contributed by atoms with Gasteiger partial charge in [-0.05, 0) is 18.6 Å². The molecule has 0 radical (unpaired) electrons. The van der Waals surface area contributed by atoms with Crippen LogP contribution in [0.1, 0.15) is 19.8 Å². The summed E-state index contributed by atoms with van der Waals surface area (Å²) in [7, 11) is 1.74. The minimum absolute atomic E-state index is 0.0397. The molecule has 1 aliphatic rings. The average molecular weight is 289 g/mol. The number of amides is 2. The van der Waals surface area contributed by atoms with Gasteiger partial charge in [-0.2, -0.15) is 0 Å². The highest BCUT2D eigenvalue weighted by atomic mass is 16.2. The van der Waals surface area contributed by atoms with Crippen LogP contribution in [0.25, 0.3) is 0 Å². The number of rotatable bonds is 5. The number of benzene rings is 1. The molecular weight excluding hydrogens is 266 g/mol. The lowest BCUT2D eigenvalue weighted by Gasteiger charge is -2.33. The Morgan fingerprint density at radius 3 is 2.76 bits per heavy atom. The highest BCUT2D eigenvalue weighted by molar-refractivity contribution is 5.97. The van der Waals surface area contributed by atoms with Gasteiger partial charge < -0.3 is 15.1 Å². The van der Waals surface area contributed by atoms with E-state index in [1.807, 2.05) is 35.2 Å². The van der Waals surface area contributed by atoms with Crippen molar-refractivity contribution in [1.82, 2.24) is 10.2 Å². The predicted octanol–water partition coefficient (Wildman–Crippen LogP) is 1.25. The number of hydrogen-bond acceptors (Lipinski definition) is 3. The lowest BCUT2D eigenvalue weighted by molar-refractivity contribution is -0.137. The highest BCUT2D eigenvalue weighted by Gasteiger charge is 2.30. The van der Waals surface area contributed by atoms with Crippen LogP contribution in [0.2, 0.25) is 0 Å². The van der Waals surface area contributed by atoms with Gasteiger partial charge >= 0.3 is 0 Å². The lowest BCUT2D eigenvalue weighted by atomic mass is 10.1. The summed E-state index contributed by atoms with van der Waals surface area (Å²) in [6, 6.07) is 9.08. The smallest absolute Gasteiger partial charge is 0.240 e. The third kappa shape index (κ3) is 3.82. The van der Waals surface area contributed by atoms with Crippen LogP contribution in [0.4, 0.5) is 5.69 Å². The Morgan fingerprint density at radius 2 is 2.10 bits per heavy atom. The number of nitrogens with one attached hydrogen (secondary N) is 1. The number of anilines is 1. The second kappa shape index (κ2) is 7.22. The van der Waals surface area contributed by atoms with Crippen LogP contribution in [0, 0.1) is 0 Å². The van der Waals surface area contributed by atoms with Crippen LogP contribution in [0.5, 0.6) is 0 Å². The van der Waals surface area contributed by atoms with Gasteiger partial charge in [0.2, 0.25) is 11.8 Å². The zero-order chi connectivity index (χ0) is 15.2. The molecule has 0 bridgehead atoms. The molecule has 21 heavy (non-hydrogen) atoms. The van der Waals surface area contributed by atoms with Crippen molar-refractivity contribution in [2.75, 3.05) is 31.6 Å². The third-order valence-electron chi connectivity index (χ3n) is 3.77. The maximum absolute atomic E-state index is 12.3. The topological polar surface area (TPSA) is 52.7 Å². The molecule has 0 aromatic heterocycles. The summed E-state index contributed by atoms with van der Waals surface area (Å²) in [5.74, 6) is -0.0108. The van der Waals surface area contributed by atoms with E-state index in [1.165, 1.54) is 0 Å². The van der Waals surface area contributed by atoms with Crippen molar-refractivity contribution in [3.8, 4) is 0 Å². The van der Waals surface area contributed by atoms with Gasteiger partial charge in [-0.25, -0.2) is 0 Å². The molecule has 1 aromatic carbocycles. The molecule has 1 heterocycles. The maximum Gasteiger partial charge on any atom is 0.240 e.